The van der Waals surface area contributed by atoms with Crippen LogP contribution in [0.25, 0.3) is 0 Å². The second kappa shape index (κ2) is 5.65. The number of hydrogen-bond donors (Lipinski definition) is 1. The van der Waals surface area contributed by atoms with Crippen molar-refractivity contribution in [2.24, 2.45) is 0 Å². The van der Waals surface area contributed by atoms with E-state index in [0.717, 1.165) is 22.4 Å². The average molecular weight is 311 g/mol. The lowest BCUT2D eigenvalue weighted by atomic mass is 10.2. The minimum Gasteiger partial charge on any atom is -0.367 e. The lowest BCUT2D eigenvalue weighted by Gasteiger charge is -2.14. The van der Waals surface area contributed by atoms with Crippen molar-refractivity contribution in [3.8, 4) is 0 Å². The van der Waals surface area contributed by atoms with Gasteiger partial charge in [-0.3, -0.25) is 0 Å². The summed E-state index contributed by atoms with van der Waals surface area (Å²) in [5.41, 5.74) is 1.01. The van der Waals surface area contributed by atoms with E-state index in [1.165, 1.54) is 4.88 Å². The third kappa shape index (κ3) is 3.54. The predicted molar refractivity (Wildman–Crippen MR) is 77.8 cm³/mol. The van der Waals surface area contributed by atoms with Crippen LogP contribution >= 0.6 is 27.3 Å². The smallest absolute Gasteiger partial charge is 0.126 e. The Labute approximate surface area is 114 Å². The zero-order valence-electron chi connectivity index (χ0n) is 9.90. The largest absolute Gasteiger partial charge is 0.367 e. The number of aryl methyl sites for hydroxylation is 1. The molecule has 4 heteroatoms. The van der Waals surface area contributed by atoms with Gasteiger partial charge in [0, 0.05) is 21.8 Å². The summed E-state index contributed by atoms with van der Waals surface area (Å²) in [6.07, 6.45) is 1.04. The fourth-order valence-electron chi connectivity index (χ4n) is 1.66. The number of hydrogen-bond acceptors (Lipinski definition) is 3. The number of nitrogens with one attached hydrogen (secondary N) is 1. The zero-order valence-corrected chi connectivity index (χ0v) is 12.3. The van der Waals surface area contributed by atoms with Crippen LogP contribution in [0.1, 0.15) is 17.5 Å². The average Bonchev–Trinajstić information content (AvgIpc) is 2.76. The van der Waals surface area contributed by atoms with Crippen molar-refractivity contribution in [3.05, 3.63) is 44.7 Å². The van der Waals surface area contributed by atoms with Gasteiger partial charge in [-0.05, 0) is 53.4 Å². The van der Waals surface area contributed by atoms with Crippen LogP contribution < -0.4 is 5.32 Å². The Hall–Kier alpha value is -0.870. The van der Waals surface area contributed by atoms with Crippen molar-refractivity contribution in [3.63, 3.8) is 0 Å². The highest BCUT2D eigenvalue weighted by molar-refractivity contribution is 9.10. The molecule has 0 fully saturated rings. The first kappa shape index (κ1) is 12.6. The van der Waals surface area contributed by atoms with Crippen molar-refractivity contribution in [1.82, 2.24) is 4.98 Å². The standard InChI is InChI=1S/C13H15BrN2S/c1-9(8-11-4-3-7-17-11)15-13-6-5-12(14)10(2)16-13/h3-7,9H,8H2,1-2H3,(H,15,16). The van der Waals surface area contributed by atoms with Gasteiger partial charge in [0.2, 0.25) is 0 Å². The summed E-state index contributed by atoms with van der Waals surface area (Å²) >= 11 is 5.26. The van der Waals surface area contributed by atoms with Gasteiger partial charge in [0.05, 0.1) is 5.69 Å². The van der Waals surface area contributed by atoms with Crippen molar-refractivity contribution in [1.29, 1.82) is 0 Å². The third-order valence-electron chi connectivity index (χ3n) is 2.50. The Morgan fingerprint density at radius 3 is 2.88 bits per heavy atom. The maximum absolute atomic E-state index is 4.49. The summed E-state index contributed by atoms with van der Waals surface area (Å²) in [5, 5.41) is 5.54. The lowest BCUT2D eigenvalue weighted by Crippen LogP contribution is -2.18. The van der Waals surface area contributed by atoms with Gasteiger partial charge in [-0.1, -0.05) is 6.07 Å². The van der Waals surface area contributed by atoms with E-state index in [1.54, 1.807) is 11.3 Å². The highest BCUT2D eigenvalue weighted by atomic mass is 79.9. The minimum absolute atomic E-state index is 0.390. The summed E-state index contributed by atoms with van der Waals surface area (Å²) in [4.78, 5) is 5.89. The van der Waals surface area contributed by atoms with Gasteiger partial charge in [0.25, 0.3) is 0 Å². The summed E-state index contributed by atoms with van der Waals surface area (Å²) in [6.45, 7) is 4.18. The fourth-order valence-corrected chi connectivity index (χ4v) is 2.71. The Kier molecular flexibility index (Phi) is 4.18. The van der Waals surface area contributed by atoms with Gasteiger partial charge < -0.3 is 5.32 Å². The maximum Gasteiger partial charge on any atom is 0.126 e. The molecule has 0 spiro atoms. The van der Waals surface area contributed by atoms with Crippen LogP contribution in [-0.2, 0) is 6.42 Å². The molecule has 0 bridgehead atoms. The fraction of sp³-hybridized carbons (Fsp3) is 0.308. The van der Waals surface area contributed by atoms with E-state index in [9.17, 15) is 0 Å². The summed E-state index contributed by atoms with van der Waals surface area (Å²) in [7, 11) is 0. The minimum atomic E-state index is 0.390. The van der Waals surface area contributed by atoms with E-state index in [-0.39, 0.29) is 0 Å². The molecule has 2 aromatic rings. The Morgan fingerprint density at radius 2 is 2.24 bits per heavy atom. The van der Waals surface area contributed by atoms with E-state index in [1.807, 2.05) is 19.1 Å². The molecule has 90 valence electrons. The first-order valence-corrected chi connectivity index (χ1v) is 7.24. The van der Waals surface area contributed by atoms with Gasteiger partial charge >= 0.3 is 0 Å². The van der Waals surface area contributed by atoms with Gasteiger partial charge in [0.15, 0.2) is 0 Å². The van der Waals surface area contributed by atoms with Crippen LogP contribution in [0.5, 0.6) is 0 Å². The molecule has 1 atom stereocenters. The number of pyridine rings is 1. The SMILES string of the molecule is Cc1nc(NC(C)Cc2cccs2)ccc1Br. The number of rotatable bonds is 4. The normalized spacial score (nSPS) is 12.4. The molecule has 0 saturated heterocycles. The highest BCUT2D eigenvalue weighted by Gasteiger charge is 2.06. The van der Waals surface area contributed by atoms with Crippen LogP contribution in [0.4, 0.5) is 5.82 Å². The Bertz CT molecular complexity index is 482. The van der Waals surface area contributed by atoms with Crippen LogP contribution in [0, 0.1) is 6.92 Å². The van der Waals surface area contributed by atoms with E-state index in [4.69, 9.17) is 0 Å². The molecule has 0 radical (unpaired) electrons. The maximum atomic E-state index is 4.49. The van der Waals surface area contributed by atoms with Crippen LogP contribution in [-0.4, -0.2) is 11.0 Å². The van der Waals surface area contributed by atoms with Crippen molar-refractivity contribution in [2.45, 2.75) is 26.3 Å². The molecule has 0 aliphatic rings. The number of anilines is 1. The third-order valence-corrected chi connectivity index (χ3v) is 4.24. The molecule has 0 amide bonds. The van der Waals surface area contributed by atoms with Crippen molar-refractivity contribution >= 4 is 33.1 Å². The first-order chi connectivity index (χ1) is 8.15. The molecular formula is C13H15BrN2S. The second-order valence-corrected chi connectivity index (χ2v) is 5.98. The van der Waals surface area contributed by atoms with E-state index in [0.29, 0.717) is 6.04 Å². The van der Waals surface area contributed by atoms with Crippen molar-refractivity contribution in [2.75, 3.05) is 5.32 Å². The second-order valence-electron chi connectivity index (χ2n) is 4.09. The van der Waals surface area contributed by atoms with E-state index < -0.39 is 0 Å². The highest BCUT2D eigenvalue weighted by Crippen LogP contribution is 2.18. The van der Waals surface area contributed by atoms with Gasteiger partial charge in [0.1, 0.15) is 5.82 Å². The number of nitrogens with zero attached hydrogens (tertiary/aromatic N) is 1. The quantitative estimate of drug-likeness (QED) is 0.912. The molecular weight excluding hydrogens is 296 g/mol. The molecule has 1 unspecified atom stereocenters. The number of thiophene rings is 1. The molecule has 2 rings (SSSR count). The first-order valence-electron chi connectivity index (χ1n) is 5.57. The molecule has 0 aliphatic carbocycles. The number of halogens is 1. The Morgan fingerprint density at radius 1 is 1.41 bits per heavy atom. The predicted octanol–water partition coefficient (Wildman–Crippen LogP) is 4.26. The molecule has 0 aromatic carbocycles. The van der Waals surface area contributed by atoms with Gasteiger partial charge in [-0.2, -0.15) is 0 Å². The van der Waals surface area contributed by atoms with Gasteiger partial charge in [-0.15, -0.1) is 11.3 Å². The Balaban J connectivity index is 1.98. The molecule has 2 nitrogen and oxygen atoms in total. The van der Waals surface area contributed by atoms with E-state index in [2.05, 4.69) is 50.7 Å². The van der Waals surface area contributed by atoms with Crippen LogP contribution in [0.3, 0.4) is 0 Å². The van der Waals surface area contributed by atoms with E-state index >= 15 is 0 Å². The number of aromatic nitrogens is 1. The van der Waals surface area contributed by atoms with Crippen LogP contribution in [0.15, 0.2) is 34.1 Å². The molecule has 2 heterocycles. The molecule has 1 N–H and O–H groups in total. The molecule has 0 aliphatic heterocycles. The molecule has 0 saturated carbocycles. The summed E-state index contributed by atoms with van der Waals surface area (Å²) in [5.74, 6) is 0.940. The summed E-state index contributed by atoms with van der Waals surface area (Å²) in [6, 6.07) is 8.68. The molecule has 17 heavy (non-hydrogen) atoms. The van der Waals surface area contributed by atoms with Crippen molar-refractivity contribution < 1.29 is 0 Å². The topological polar surface area (TPSA) is 24.9 Å². The van der Waals surface area contributed by atoms with Crippen LogP contribution in [0.2, 0.25) is 0 Å². The monoisotopic (exact) mass is 310 g/mol. The zero-order chi connectivity index (χ0) is 12.3. The lowest BCUT2D eigenvalue weighted by molar-refractivity contribution is 0.793. The summed E-state index contributed by atoms with van der Waals surface area (Å²) < 4.78 is 1.05. The van der Waals surface area contributed by atoms with Gasteiger partial charge in [-0.25, -0.2) is 4.98 Å². The molecule has 2 aromatic heterocycles.